The van der Waals surface area contributed by atoms with Gasteiger partial charge in [-0.25, -0.2) is 0 Å². The molecule has 5 nitrogen and oxygen atoms in total. The number of ether oxygens (including phenoxy) is 1. The van der Waals surface area contributed by atoms with Crippen LogP contribution in [0.15, 0.2) is 0 Å². The predicted octanol–water partition coefficient (Wildman–Crippen LogP) is 0.537. The summed E-state index contributed by atoms with van der Waals surface area (Å²) in [5, 5.41) is 3.14. The number of esters is 1. The van der Waals surface area contributed by atoms with Crippen molar-refractivity contribution < 1.29 is 14.3 Å². The average molecular weight is 242 g/mol. The molecule has 0 radical (unpaired) electrons. The van der Waals surface area contributed by atoms with Crippen molar-refractivity contribution in [3.63, 3.8) is 0 Å². The molecule has 1 aliphatic heterocycles. The Morgan fingerprint density at radius 3 is 2.59 bits per heavy atom. The van der Waals surface area contributed by atoms with Crippen molar-refractivity contribution in [2.24, 2.45) is 0 Å². The molecule has 5 heteroatoms. The Balaban J connectivity index is 2.79. The normalized spacial score (nSPS) is 25.9. The van der Waals surface area contributed by atoms with Crippen LogP contribution in [0.2, 0.25) is 0 Å². The molecule has 1 heterocycles. The highest BCUT2D eigenvalue weighted by Gasteiger charge is 2.38. The molecule has 0 aromatic heterocycles. The fourth-order valence-electron chi connectivity index (χ4n) is 2.02. The van der Waals surface area contributed by atoms with E-state index in [0.717, 1.165) is 0 Å². The highest BCUT2D eigenvalue weighted by Crippen LogP contribution is 2.20. The fourth-order valence-corrected chi connectivity index (χ4v) is 2.02. The smallest absolute Gasteiger partial charge is 0.307 e. The minimum absolute atomic E-state index is 0.0269. The largest absolute Gasteiger partial charge is 0.469 e. The zero-order valence-electron chi connectivity index (χ0n) is 11.2. The van der Waals surface area contributed by atoms with Crippen molar-refractivity contribution in [1.82, 2.24) is 10.2 Å². The van der Waals surface area contributed by atoms with Gasteiger partial charge in [-0.15, -0.1) is 0 Å². The summed E-state index contributed by atoms with van der Waals surface area (Å²) in [6.07, 6.45) is 0.0895. The summed E-state index contributed by atoms with van der Waals surface area (Å²) >= 11 is 0. The summed E-state index contributed by atoms with van der Waals surface area (Å²) in [5.41, 5.74) is -0.220. The van der Waals surface area contributed by atoms with Gasteiger partial charge in [0.25, 0.3) is 0 Å². The van der Waals surface area contributed by atoms with Gasteiger partial charge in [0.05, 0.1) is 19.6 Å². The topological polar surface area (TPSA) is 58.6 Å². The van der Waals surface area contributed by atoms with Crippen molar-refractivity contribution >= 4 is 11.9 Å². The quantitative estimate of drug-likeness (QED) is 0.718. The Hall–Kier alpha value is -1.10. The maximum absolute atomic E-state index is 12.2. The van der Waals surface area contributed by atoms with Gasteiger partial charge in [-0.2, -0.15) is 0 Å². The number of methoxy groups -OCH3 is 1. The number of amides is 1. The summed E-state index contributed by atoms with van der Waals surface area (Å²) in [5.74, 6) is -0.389. The van der Waals surface area contributed by atoms with Gasteiger partial charge in [0.2, 0.25) is 5.91 Å². The van der Waals surface area contributed by atoms with Gasteiger partial charge in [-0.05, 0) is 27.7 Å². The number of hydrogen-bond donors (Lipinski definition) is 1. The Kier molecular flexibility index (Phi) is 4.14. The van der Waals surface area contributed by atoms with E-state index < -0.39 is 6.04 Å². The van der Waals surface area contributed by atoms with Crippen LogP contribution >= 0.6 is 0 Å². The third-order valence-corrected chi connectivity index (χ3v) is 2.91. The molecule has 1 aliphatic rings. The van der Waals surface area contributed by atoms with E-state index in [2.05, 4.69) is 10.1 Å². The Morgan fingerprint density at radius 2 is 2.12 bits per heavy atom. The average Bonchev–Trinajstić information content (AvgIpc) is 2.21. The third kappa shape index (κ3) is 3.43. The molecule has 1 N–H and O–H groups in total. The van der Waals surface area contributed by atoms with Gasteiger partial charge >= 0.3 is 5.97 Å². The molecular weight excluding hydrogens is 220 g/mol. The minimum Gasteiger partial charge on any atom is -0.469 e. The van der Waals surface area contributed by atoms with E-state index in [0.29, 0.717) is 6.54 Å². The van der Waals surface area contributed by atoms with Gasteiger partial charge in [0.1, 0.15) is 0 Å². The first-order valence-electron chi connectivity index (χ1n) is 5.90. The Bertz CT molecular complexity index is 309. The molecule has 2 atom stereocenters. The molecule has 1 fully saturated rings. The number of nitrogens with one attached hydrogen (secondary N) is 1. The molecule has 1 saturated heterocycles. The van der Waals surface area contributed by atoms with Gasteiger partial charge < -0.3 is 15.0 Å². The van der Waals surface area contributed by atoms with Crippen LogP contribution in [-0.4, -0.2) is 48.1 Å². The minimum atomic E-state index is -0.467. The van der Waals surface area contributed by atoms with Crippen LogP contribution in [0, 0.1) is 0 Å². The molecule has 0 spiro atoms. The highest BCUT2D eigenvalue weighted by molar-refractivity contribution is 5.87. The molecule has 0 aliphatic carbocycles. The molecule has 2 unspecified atom stereocenters. The van der Waals surface area contributed by atoms with Gasteiger partial charge in [0, 0.05) is 18.1 Å². The maximum Gasteiger partial charge on any atom is 0.307 e. The lowest BCUT2D eigenvalue weighted by Crippen LogP contribution is -2.64. The van der Waals surface area contributed by atoms with Crippen LogP contribution in [0.4, 0.5) is 0 Å². The molecule has 0 saturated carbocycles. The number of rotatable bonds is 2. The summed E-state index contributed by atoms with van der Waals surface area (Å²) in [6, 6.07) is -0.285. The van der Waals surface area contributed by atoms with Gasteiger partial charge in [0.15, 0.2) is 0 Å². The van der Waals surface area contributed by atoms with Crippen molar-refractivity contribution in [3.8, 4) is 0 Å². The Morgan fingerprint density at radius 1 is 1.53 bits per heavy atom. The van der Waals surface area contributed by atoms with Crippen LogP contribution < -0.4 is 5.32 Å². The molecule has 0 bridgehead atoms. The van der Waals surface area contributed by atoms with Crippen molar-refractivity contribution in [1.29, 1.82) is 0 Å². The van der Waals surface area contributed by atoms with Gasteiger partial charge in [-0.3, -0.25) is 9.59 Å². The summed E-state index contributed by atoms with van der Waals surface area (Å²) in [4.78, 5) is 25.3. The zero-order chi connectivity index (χ0) is 13.2. The van der Waals surface area contributed by atoms with E-state index in [9.17, 15) is 9.59 Å². The zero-order valence-corrected chi connectivity index (χ0v) is 11.2. The molecule has 1 amide bonds. The van der Waals surface area contributed by atoms with E-state index >= 15 is 0 Å². The molecular formula is C12H22N2O3. The second-order valence-corrected chi connectivity index (χ2v) is 5.52. The van der Waals surface area contributed by atoms with Crippen LogP contribution in [0.25, 0.3) is 0 Å². The van der Waals surface area contributed by atoms with Crippen LogP contribution in [0.3, 0.4) is 0 Å². The second kappa shape index (κ2) is 5.04. The number of piperazine rings is 1. The highest BCUT2D eigenvalue weighted by atomic mass is 16.5. The number of carbonyl (C=O) groups is 2. The molecule has 1 rings (SSSR count). The van der Waals surface area contributed by atoms with Crippen molar-refractivity contribution in [3.05, 3.63) is 0 Å². The maximum atomic E-state index is 12.2. The van der Waals surface area contributed by atoms with Crippen molar-refractivity contribution in [2.45, 2.75) is 51.7 Å². The number of hydrogen-bond acceptors (Lipinski definition) is 4. The standard InChI is InChI=1S/C12H22N2O3/c1-8-7-14(12(2,3)4)11(16)9(13-8)6-10(15)17-5/h8-9,13H,6-7H2,1-5H3. The molecule has 98 valence electrons. The van der Waals surface area contributed by atoms with Crippen LogP contribution in [-0.2, 0) is 14.3 Å². The number of nitrogens with zero attached hydrogens (tertiary/aromatic N) is 1. The lowest BCUT2D eigenvalue weighted by Gasteiger charge is -2.44. The number of carbonyl (C=O) groups excluding carboxylic acids is 2. The van der Waals surface area contributed by atoms with Crippen molar-refractivity contribution in [2.75, 3.05) is 13.7 Å². The van der Waals surface area contributed by atoms with E-state index in [1.54, 1.807) is 0 Å². The first-order chi connectivity index (χ1) is 7.75. The summed E-state index contributed by atoms with van der Waals surface area (Å²) in [7, 11) is 1.33. The van der Waals surface area contributed by atoms with E-state index in [1.807, 2.05) is 32.6 Å². The van der Waals surface area contributed by atoms with Crippen LogP contribution in [0.1, 0.15) is 34.1 Å². The second-order valence-electron chi connectivity index (χ2n) is 5.52. The predicted molar refractivity (Wildman–Crippen MR) is 64.5 cm³/mol. The van der Waals surface area contributed by atoms with Gasteiger partial charge in [-0.1, -0.05) is 0 Å². The SMILES string of the molecule is COC(=O)CC1NC(C)CN(C(C)(C)C)C1=O. The first kappa shape index (κ1) is 14.0. The molecule has 0 aromatic carbocycles. The summed E-state index contributed by atoms with van der Waals surface area (Å²) < 4.78 is 4.61. The summed E-state index contributed by atoms with van der Waals surface area (Å²) in [6.45, 7) is 8.67. The van der Waals surface area contributed by atoms with E-state index in [-0.39, 0.29) is 29.9 Å². The molecule has 17 heavy (non-hydrogen) atoms. The fraction of sp³-hybridized carbons (Fsp3) is 0.833. The van der Waals surface area contributed by atoms with E-state index in [1.165, 1.54) is 7.11 Å². The lowest BCUT2D eigenvalue weighted by molar-refractivity contribution is -0.149. The van der Waals surface area contributed by atoms with Crippen LogP contribution in [0.5, 0.6) is 0 Å². The lowest BCUT2D eigenvalue weighted by atomic mass is 9.98. The molecule has 0 aromatic rings. The van der Waals surface area contributed by atoms with E-state index in [4.69, 9.17) is 0 Å². The first-order valence-corrected chi connectivity index (χ1v) is 5.90. The monoisotopic (exact) mass is 242 g/mol. The Labute approximate surface area is 102 Å². The third-order valence-electron chi connectivity index (χ3n) is 2.91.